The van der Waals surface area contributed by atoms with Gasteiger partial charge < -0.3 is 9.73 Å². The number of aromatic nitrogens is 2. The number of hydrogen-bond acceptors (Lipinski definition) is 4. The van der Waals surface area contributed by atoms with Gasteiger partial charge in [-0.3, -0.25) is 14.4 Å². The Kier molecular flexibility index (Phi) is 6.33. The molecule has 1 aliphatic rings. The Morgan fingerprint density at radius 1 is 1.20 bits per heavy atom. The number of carbonyl (C=O) groups is 1. The molecule has 0 spiro atoms. The lowest BCUT2D eigenvalue weighted by Gasteiger charge is -2.37. The van der Waals surface area contributed by atoms with Crippen molar-refractivity contribution >= 4 is 5.91 Å². The van der Waals surface area contributed by atoms with E-state index < -0.39 is 0 Å². The molecule has 1 fully saturated rings. The number of nitrogens with one attached hydrogen (secondary N) is 1. The van der Waals surface area contributed by atoms with Gasteiger partial charge in [-0.25, -0.2) is 0 Å². The first-order valence-electron chi connectivity index (χ1n) is 10.7. The number of aryl methyl sites for hydroxylation is 1. The monoisotopic (exact) mass is 406 g/mol. The summed E-state index contributed by atoms with van der Waals surface area (Å²) in [7, 11) is 0. The molecule has 6 nitrogen and oxygen atoms in total. The molecular weight excluding hydrogens is 376 g/mol. The Labute approximate surface area is 177 Å². The van der Waals surface area contributed by atoms with E-state index in [1.54, 1.807) is 10.7 Å². The molecule has 1 aliphatic heterocycles. The molecule has 1 saturated heterocycles. The van der Waals surface area contributed by atoms with Gasteiger partial charge in [0.05, 0.1) is 18.8 Å². The minimum absolute atomic E-state index is 0.170. The van der Waals surface area contributed by atoms with E-state index in [1.165, 1.54) is 18.4 Å². The van der Waals surface area contributed by atoms with Gasteiger partial charge in [-0.15, -0.1) is 0 Å². The maximum Gasteiger partial charge on any atom is 0.287 e. The first-order valence-corrected chi connectivity index (χ1v) is 10.7. The van der Waals surface area contributed by atoms with Crippen LogP contribution in [0.3, 0.4) is 0 Å². The first kappa shape index (κ1) is 20.4. The molecule has 1 aromatic carbocycles. The van der Waals surface area contributed by atoms with E-state index in [1.807, 2.05) is 31.5 Å². The van der Waals surface area contributed by atoms with Crippen LogP contribution in [0.25, 0.3) is 0 Å². The minimum atomic E-state index is -0.177. The van der Waals surface area contributed by atoms with Crippen LogP contribution < -0.4 is 5.32 Å². The molecule has 2 aromatic heterocycles. The number of nitrogens with zero attached hydrogens (tertiary/aromatic N) is 3. The smallest absolute Gasteiger partial charge is 0.287 e. The highest BCUT2D eigenvalue weighted by atomic mass is 16.4. The first-order chi connectivity index (χ1) is 14.6. The number of rotatable bonds is 7. The van der Waals surface area contributed by atoms with Gasteiger partial charge in [0.25, 0.3) is 5.91 Å². The molecule has 0 bridgehead atoms. The van der Waals surface area contributed by atoms with Crippen molar-refractivity contribution in [2.75, 3.05) is 19.6 Å². The SMILES string of the molecule is Cc1cnn(Cc2ccc(C(=O)NCC(c3ccccc3)N3CCC(C)CC3)o2)c1. The van der Waals surface area contributed by atoms with Crippen LogP contribution in [0, 0.1) is 12.8 Å². The van der Waals surface area contributed by atoms with E-state index in [0.29, 0.717) is 24.6 Å². The Hall–Kier alpha value is -2.86. The lowest BCUT2D eigenvalue weighted by Crippen LogP contribution is -2.41. The number of piperidine rings is 1. The minimum Gasteiger partial charge on any atom is -0.454 e. The third-order valence-corrected chi connectivity index (χ3v) is 5.86. The van der Waals surface area contributed by atoms with Crippen LogP contribution in [0.2, 0.25) is 0 Å². The van der Waals surface area contributed by atoms with Gasteiger partial charge in [0.2, 0.25) is 0 Å². The summed E-state index contributed by atoms with van der Waals surface area (Å²) in [5.41, 5.74) is 2.33. The molecule has 4 rings (SSSR count). The fraction of sp³-hybridized carbons (Fsp3) is 0.417. The van der Waals surface area contributed by atoms with E-state index in [9.17, 15) is 4.79 Å². The summed E-state index contributed by atoms with van der Waals surface area (Å²) < 4.78 is 7.57. The normalized spacial score (nSPS) is 16.5. The van der Waals surface area contributed by atoms with Crippen molar-refractivity contribution in [3.63, 3.8) is 0 Å². The number of benzene rings is 1. The lowest BCUT2D eigenvalue weighted by atomic mass is 9.95. The number of hydrogen-bond donors (Lipinski definition) is 1. The van der Waals surface area contributed by atoms with Crippen molar-refractivity contribution in [2.24, 2.45) is 5.92 Å². The Balaban J connectivity index is 1.40. The van der Waals surface area contributed by atoms with Gasteiger partial charge in [-0.2, -0.15) is 5.10 Å². The van der Waals surface area contributed by atoms with Crippen LogP contribution in [0.4, 0.5) is 0 Å². The van der Waals surface area contributed by atoms with Gasteiger partial charge >= 0.3 is 0 Å². The molecule has 1 N–H and O–H groups in total. The fourth-order valence-electron chi connectivity index (χ4n) is 4.05. The van der Waals surface area contributed by atoms with Crippen molar-refractivity contribution in [3.05, 3.63) is 77.5 Å². The van der Waals surface area contributed by atoms with E-state index in [-0.39, 0.29) is 11.9 Å². The van der Waals surface area contributed by atoms with Crippen LogP contribution in [0.15, 0.2) is 59.3 Å². The van der Waals surface area contributed by atoms with Crippen molar-refractivity contribution < 1.29 is 9.21 Å². The van der Waals surface area contributed by atoms with E-state index >= 15 is 0 Å². The van der Waals surface area contributed by atoms with Crippen molar-refractivity contribution in [1.29, 1.82) is 0 Å². The highest BCUT2D eigenvalue weighted by molar-refractivity contribution is 5.91. The van der Waals surface area contributed by atoms with Gasteiger partial charge in [0.15, 0.2) is 5.76 Å². The number of amides is 1. The highest BCUT2D eigenvalue weighted by Crippen LogP contribution is 2.26. The standard InChI is InChI=1S/C24H30N4O2/c1-18-10-12-27(13-11-18)22(20-6-4-3-5-7-20)15-25-24(29)23-9-8-21(30-23)17-28-16-19(2)14-26-28/h3-9,14,16,18,22H,10-13,15,17H2,1-2H3,(H,25,29). The molecule has 6 heteroatoms. The summed E-state index contributed by atoms with van der Waals surface area (Å²) >= 11 is 0. The molecule has 3 heterocycles. The van der Waals surface area contributed by atoms with Crippen LogP contribution >= 0.6 is 0 Å². The Bertz CT molecular complexity index is 955. The quantitative estimate of drug-likeness (QED) is 0.643. The summed E-state index contributed by atoms with van der Waals surface area (Å²) in [6, 6.07) is 14.2. The molecule has 1 atom stereocenters. The highest BCUT2D eigenvalue weighted by Gasteiger charge is 2.25. The van der Waals surface area contributed by atoms with Crippen molar-refractivity contribution in [1.82, 2.24) is 20.0 Å². The average Bonchev–Trinajstić information content (AvgIpc) is 3.39. The predicted octanol–water partition coefficient (Wildman–Crippen LogP) is 4.04. The third kappa shape index (κ3) is 5.00. The molecule has 0 saturated carbocycles. The second-order valence-corrected chi connectivity index (χ2v) is 8.34. The summed E-state index contributed by atoms with van der Waals surface area (Å²) in [4.78, 5) is 15.2. The molecule has 1 amide bonds. The zero-order valence-corrected chi connectivity index (χ0v) is 17.8. The molecule has 3 aromatic rings. The summed E-state index contributed by atoms with van der Waals surface area (Å²) in [6.07, 6.45) is 6.16. The van der Waals surface area contributed by atoms with Crippen LogP contribution in [-0.2, 0) is 6.54 Å². The van der Waals surface area contributed by atoms with E-state index in [0.717, 1.165) is 24.6 Å². The number of carbonyl (C=O) groups excluding carboxylic acids is 1. The van der Waals surface area contributed by atoms with Gasteiger partial charge in [0.1, 0.15) is 5.76 Å². The number of likely N-dealkylation sites (tertiary alicyclic amines) is 1. The number of furan rings is 1. The van der Waals surface area contributed by atoms with Crippen molar-refractivity contribution in [2.45, 2.75) is 39.3 Å². The maximum atomic E-state index is 12.7. The Morgan fingerprint density at radius 3 is 2.67 bits per heavy atom. The average molecular weight is 407 g/mol. The molecule has 30 heavy (non-hydrogen) atoms. The van der Waals surface area contributed by atoms with Crippen LogP contribution in [0.5, 0.6) is 0 Å². The summed E-state index contributed by atoms with van der Waals surface area (Å²) in [5.74, 6) is 1.65. The van der Waals surface area contributed by atoms with Crippen LogP contribution in [-0.4, -0.2) is 40.2 Å². The van der Waals surface area contributed by atoms with E-state index in [4.69, 9.17) is 4.42 Å². The largest absolute Gasteiger partial charge is 0.454 e. The third-order valence-electron chi connectivity index (χ3n) is 5.86. The Morgan fingerprint density at radius 2 is 1.97 bits per heavy atom. The molecule has 0 radical (unpaired) electrons. The van der Waals surface area contributed by atoms with Gasteiger partial charge in [-0.05, 0) is 62.0 Å². The fourth-order valence-corrected chi connectivity index (χ4v) is 4.05. The van der Waals surface area contributed by atoms with Crippen molar-refractivity contribution in [3.8, 4) is 0 Å². The molecule has 0 aliphatic carbocycles. The lowest BCUT2D eigenvalue weighted by molar-refractivity contribution is 0.0884. The zero-order chi connectivity index (χ0) is 20.9. The van der Waals surface area contributed by atoms with Gasteiger partial charge in [-0.1, -0.05) is 37.3 Å². The zero-order valence-electron chi connectivity index (χ0n) is 17.8. The molecule has 1 unspecified atom stereocenters. The summed E-state index contributed by atoms with van der Waals surface area (Å²) in [6.45, 7) is 7.51. The predicted molar refractivity (Wildman–Crippen MR) is 116 cm³/mol. The second-order valence-electron chi connectivity index (χ2n) is 8.34. The van der Waals surface area contributed by atoms with Crippen LogP contribution in [0.1, 0.15) is 53.2 Å². The van der Waals surface area contributed by atoms with Gasteiger partial charge in [0, 0.05) is 12.7 Å². The van der Waals surface area contributed by atoms with E-state index in [2.05, 4.69) is 46.5 Å². The summed E-state index contributed by atoms with van der Waals surface area (Å²) in [5, 5.41) is 7.36. The second kappa shape index (κ2) is 9.30. The topological polar surface area (TPSA) is 63.3 Å². The molecular formula is C24H30N4O2. The molecule has 158 valence electrons. The maximum absolute atomic E-state index is 12.7.